The van der Waals surface area contributed by atoms with Crippen molar-refractivity contribution in [1.29, 1.82) is 0 Å². The van der Waals surface area contributed by atoms with E-state index in [1.165, 1.54) is 11.1 Å². The molecule has 0 atom stereocenters. The summed E-state index contributed by atoms with van der Waals surface area (Å²) in [5, 5.41) is 0. The van der Waals surface area contributed by atoms with E-state index in [0.29, 0.717) is 19.6 Å². The lowest BCUT2D eigenvalue weighted by Crippen LogP contribution is -1.93. The third-order valence-electron chi connectivity index (χ3n) is 4.80. The molecule has 6 nitrogen and oxygen atoms in total. The van der Waals surface area contributed by atoms with Crippen molar-refractivity contribution in [3.05, 3.63) is 23.3 Å². The number of rotatable bonds is 19. The zero-order valence-corrected chi connectivity index (χ0v) is 17.8. The number of hydrogen-bond acceptors (Lipinski definition) is 6. The van der Waals surface area contributed by atoms with Gasteiger partial charge in [-0.25, -0.2) is 29.4 Å². The second-order valence-electron chi connectivity index (χ2n) is 7.08. The van der Waals surface area contributed by atoms with Crippen LogP contribution in [0, 0.1) is 0 Å². The van der Waals surface area contributed by atoms with Gasteiger partial charge < -0.3 is 0 Å². The smallest absolute Gasteiger partial charge is 0.211 e. The van der Waals surface area contributed by atoms with Crippen LogP contribution in [0.2, 0.25) is 0 Å². The van der Waals surface area contributed by atoms with Gasteiger partial charge in [-0.05, 0) is 64.7 Å². The van der Waals surface area contributed by atoms with Crippen molar-refractivity contribution in [2.24, 2.45) is 15.0 Å². The van der Waals surface area contributed by atoms with Gasteiger partial charge in [-0.3, -0.25) is 0 Å². The minimum atomic E-state index is 0.504. The summed E-state index contributed by atoms with van der Waals surface area (Å²) in [4.78, 5) is 40.9. The van der Waals surface area contributed by atoms with Crippen LogP contribution < -0.4 is 0 Å². The van der Waals surface area contributed by atoms with E-state index in [1.807, 2.05) is 0 Å². The Morgan fingerprint density at radius 2 is 1.14 bits per heavy atom. The average Bonchev–Trinajstić information content (AvgIpc) is 2.73. The third-order valence-corrected chi connectivity index (χ3v) is 4.80. The van der Waals surface area contributed by atoms with Crippen LogP contribution in [0.25, 0.3) is 0 Å². The van der Waals surface area contributed by atoms with E-state index < -0.39 is 0 Å². The molecule has 0 aliphatic carbocycles. The number of hydrogen-bond donors (Lipinski definition) is 0. The van der Waals surface area contributed by atoms with Crippen molar-refractivity contribution in [3.8, 4) is 0 Å². The van der Waals surface area contributed by atoms with Crippen LogP contribution in [0.1, 0.15) is 84.0 Å². The first-order valence-electron chi connectivity index (χ1n) is 10.7. The number of allylic oxidation sites excluding steroid dienone is 3. The summed E-state index contributed by atoms with van der Waals surface area (Å²) < 4.78 is 0. The SMILES string of the molecule is C/C(CCCCCN=C=O)=C(\CC/C=C/CCN=C=O)CCCCCCN=C=O. The van der Waals surface area contributed by atoms with E-state index in [1.54, 1.807) is 18.2 Å². The van der Waals surface area contributed by atoms with Crippen molar-refractivity contribution in [3.63, 3.8) is 0 Å². The number of nitrogens with zero attached hydrogens (tertiary/aromatic N) is 3. The van der Waals surface area contributed by atoms with Gasteiger partial charge in [-0.2, -0.15) is 0 Å². The second kappa shape index (κ2) is 21.9. The van der Waals surface area contributed by atoms with E-state index in [0.717, 1.165) is 77.0 Å². The van der Waals surface area contributed by atoms with Gasteiger partial charge in [0.2, 0.25) is 18.2 Å². The van der Waals surface area contributed by atoms with E-state index in [-0.39, 0.29) is 0 Å². The summed E-state index contributed by atoms with van der Waals surface area (Å²) in [6.07, 6.45) is 21.5. The summed E-state index contributed by atoms with van der Waals surface area (Å²) >= 11 is 0. The molecule has 0 fully saturated rings. The fourth-order valence-electron chi connectivity index (χ4n) is 3.14. The quantitative estimate of drug-likeness (QED) is 0.123. The van der Waals surface area contributed by atoms with Crippen molar-refractivity contribution in [2.45, 2.75) is 84.0 Å². The largest absolute Gasteiger partial charge is 0.234 e. The summed E-state index contributed by atoms with van der Waals surface area (Å²) in [6.45, 7) is 3.90. The van der Waals surface area contributed by atoms with Crippen LogP contribution in [0.4, 0.5) is 0 Å². The predicted octanol–water partition coefficient (Wildman–Crippen LogP) is 5.55. The Morgan fingerprint density at radius 1 is 0.621 bits per heavy atom. The van der Waals surface area contributed by atoms with Crippen LogP contribution in [-0.2, 0) is 14.4 Å². The summed E-state index contributed by atoms with van der Waals surface area (Å²) in [5.41, 5.74) is 3.02. The van der Waals surface area contributed by atoms with Crippen molar-refractivity contribution < 1.29 is 14.4 Å². The first kappa shape index (κ1) is 26.6. The lowest BCUT2D eigenvalue weighted by atomic mass is 9.94. The Morgan fingerprint density at radius 3 is 1.79 bits per heavy atom. The monoisotopic (exact) mass is 401 g/mol. The summed E-state index contributed by atoms with van der Waals surface area (Å²) in [7, 11) is 0. The zero-order chi connectivity index (χ0) is 21.4. The molecule has 160 valence electrons. The van der Waals surface area contributed by atoms with E-state index in [9.17, 15) is 14.4 Å². The number of unbranched alkanes of at least 4 members (excludes halogenated alkanes) is 5. The highest BCUT2D eigenvalue weighted by Gasteiger charge is 2.04. The molecule has 0 aliphatic rings. The predicted molar refractivity (Wildman–Crippen MR) is 116 cm³/mol. The molecule has 0 aliphatic heterocycles. The molecule has 0 spiro atoms. The molecule has 0 rings (SSSR count). The van der Waals surface area contributed by atoms with Crippen LogP contribution in [0.15, 0.2) is 38.3 Å². The Kier molecular flexibility index (Phi) is 20.1. The number of isocyanates is 3. The molecule has 0 aromatic rings. The molecule has 0 saturated carbocycles. The lowest BCUT2D eigenvalue weighted by molar-refractivity contribution is 0.560. The first-order chi connectivity index (χ1) is 14.3. The molecule has 29 heavy (non-hydrogen) atoms. The Bertz CT molecular complexity index is 621. The maximum Gasteiger partial charge on any atom is 0.234 e. The van der Waals surface area contributed by atoms with Crippen molar-refractivity contribution in [1.82, 2.24) is 0 Å². The average molecular weight is 402 g/mol. The normalized spacial score (nSPS) is 11.3. The molecule has 0 N–H and O–H groups in total. The molecule has 0 bridgehead atoms. The van der Waals surface area contributed by atoms with Gasteiger partial charge in [0.15, 0.2) is 0 Å². The maximum absolute atomic E-state index is 10.1. The van der Waals surface area contributed by atoms with Gasteiger partial charge in [0, 0.05) is 0 Å². The fraction of sp³-hybridized carbons (Fsp3) is 0.696. The zero-order valence-electron chi connectivity index (χ0n) is 17.8. The third kappa shape index (κ3) is 18.7. The standard InChI is InChI=1S/C23H35N3O3/c1-22(13-7-6-12-18-26-21-29)23(14-8-2-4-10-16-24-19-27)15-9-3-5-11-17-25-20-28/h2,4H,3,5-18H2,1H3/b4-2+,23-22-. The molecule has 0 aromatic carbocycles. The van der Waals surface area contributed by atoms with Crippen molar-refractivity contribution in [2.75, 3.05) is 19.6 Å². The van der Waals surface area contributed by atoms with Crippen LogP contribution in [-0.4, -0.2) is 37.9 Å². The van der Waals surface area contributed by atoms with Crippen LogP contribution in [0.5, 0.6) is 0 Å². The van der Waals surface area contributed by atoms with Gasteiger partial charge in [0.1, 0.15) is 0 Å². The van der Waals surface area contributed by atoms with Gasteiger partial charge in [-0.15, -0.1) is 0 Å². The van der Waals surface area contributed by atoms with Crippen molar-refractivity contribution >= 4 is 18.2 Å². The topological polar surface area (TPSA) is 88.3 Å². The highest BCUT2D eigenvalue weighted by molar-refractivity contribution is 5.33. The second-order valence-corrected chi connectivity index (χ2v) is 7.08. The summed E-state index contributed by atoms with van der Waals surface area (Å²) in [5.74, 6) is 0. The minimum Gasteiger partial charge on any atom is -0.211 e. The van der Waals surface area contributed by atoms with E-state index >= 15 is 0 Å². The minimum absolute atomic E-state index is 0.504. The Balaban J connectivity index is 4.40. The van der Waals surface area contributed by atoms with Gasteiger partial charge in [0.05, 0.1) is 19.6 Å². The number of aliphatic imine (C=N–C) groups is 3. The van der Waals surface area contributed by atoms with E-state index in [2.05, 4.69) is 34.1 Å². The fourth-order valence-corrected chi connectivity index (χ4v) is 3.14. The highest BCUT2D eigenvalue weighted by Crippen LogP contribution is 2.23. The summed E-state index contributed by atoms with van der Waals surface area (Å²) in [6, 6.07) is 0. The lowest BCUT2D eigenvalue weighted by Gasteiger charge is -2.12. The molecule has 0 heterocycles. The molecule has 0 amide bonds. The molecular formula is C23H35N3O3. The molecular weight excluding hydrogens is 366 g/mol. The van der Waals surface area contributed by atoms with Gasteiger partial charge in [-0.1, -0.05) is 42.6 Å². The molecule has 0 unspecified atom stereocenters. The van der Waals surface area contributed by atoms with Gasteiger partial charge in [0.25, 0.3) is 0 Å². The number of carbonyl (C=O) groups excluding carboxylic acids is 3. The maximum atomic E-state index is 10.1. The highest BCUT2D eigenvalue weighted by atomic mass is 16.1. The molecule has 0 radical (unpaired) electrons. The van der Waals surface area contributed by atoms with Crippen LogP contribution in [0.3, 0.4) is 0 Å². The molecule has 0 saturated heterocycles. The Hall–Kier alpha value is -2.38. The van der Waals surface area contributed by atoms with Crippen LogP contribution >= 0.6 is 0 Å². The molecule has 0 aromatic heterocycles. The Labute approximate surface area is 175 Å². The van der Waals surface area contributed by atoms with E-state index in [4.69, 9.17) is 0 Å². The first-order valence-corrected chi connectivity index (χ1v) is 10.7. The molecule has 6 heteroatoms. The van der Waals surface area contributed by atoms with Gasteiger partial charge >= 0.3 is 0 Å².